The molecule has 88 valence electrons. The van der Waals surface area contributed by atoms with Crippen LogP contribution < -0.4 is 26.6 Å². The van der Waals surface area contributed by atoms with Crippen LogP contribution in [-0.2, 0) is 0 Å². The molecule has 0 spiro atoms. The van der Waals surface area contributed by atoms with Gasteiger partial charge in [0.05, 0.1) is 0 Å². The number of hydrogen-bond donors (Lipinski definition) is 5. The van der Waals surface area contributed by atoms with Crippen molar-refractivity contribution in [2.75, 3.05) is 6.54 Å². The minimum atomic E-state index is -0.220. The Balaban J connectivity index is 2.48. The van der Waals surface area contributed by atoms with Crippen LogP contribution in [0.25, 0.3) is 0 Å². The summed E-state index contributed by atoms with van der Waals surface area (Å²) in [4.78, 5) is 11.3. The van der Waals surface area contributed by atoms with Crippen molar-refractivity contribution in [3.63, 3.8) is 0 Å². The highest BCUT2D eigenvalue weighted by molar-refractivity contribution is 5.75. The molecule has 5 N–H and O–H groups in total. The van der Waals surface area contributed by atoms with Crippen molar-refractivity contribution in [3.8, 4) is 0 Å². The molecule has 2 unspecified atom stereocenters. The molecular weight excluding hydrogens is 194 g/mol. The van der Waals surface area contributed by atoms with Crippen molar-refractivity contribution in [1.29, 1.82) is 0 Å². The molecule has 0 aromatic heterocycles. The number of carbonyl (C=O) groups is 1. The predicted molar refractivity (Wildman–Crippen MR) is 58.9 cm³/mol. The molecule has 2 amide bonds. The lowest BCUT2D eigenvalue weighted by Gasteiger charge is -2.37. The first kappa shape index (κ1) is 12.2. The summed E-state index contributed by atoms with van der Waals surface area (Å²) in [5, 5.41) is 15.0. The van der Waals surface area contributed by atoms with E-state index in [2.05, 4.69) is 26.6 Å². The quantitative estimate of drug-likeness (QED) is 0.438. The zero-order valence-corrected chi connectivity index (χ0v) is 9.77. The Hall–Kier alpha value is -0.850. The number of carbonyl (C=O) groups excluding carboxylic acids is 1. The summed E-state index contributed by atoms with van der Waals surface area (Å²) in [5.41, 5.74) is -0.0565. The maximum atomic E-state index is 11.3. The van der Waals surface area contributed by atoms with Crippen molar-refractivity contribution >= 4 is 6.03 Å². The Labute approximate surface area is 90.6 Å². The van der Waals surface area contributed by atoms with Crippen LogP contribution in [0.5, 0.6) is 0 Å². The molecule has 1 rings (SSSR count). The van der Waals surface area contributed by atoms with Gasteiger partial charge in [-0.3, -0.25) is 16.0 Å². The third kappa shape index (κ3) is 4.46. The maximum absolute atomic E-state index is 11.3. The predicted octanol–water partition coefficient (Wildman–Crippen LogP) is -0.546. The van der Waals surface area contributed by atoms with E-state index in [1.807, 2.05) is 27.7 Å². The van der Waals surface area contributed by atoms with Crippen LogP contribution in [0, 0.1) is 0 Å². The van der Waals surface area contributed by atoms with Gasteiger partial charge in [-0.15, -0.1) is 0 Å². The first-order valence-electron chi connectivity index (χ1n) is 5.25. The lowest BCUT2D eigenvalue weighted by Crippen LogP contribution is -2.74. The Kier molecular flexibility index (Phi) is 3.90. The highest BCUT2D eigenvalue weighted by Gasteiger charge is 2.26. The second-order valence-corrected chi connectivity index (χ2v) is 4.60. The van der Waals surface area contributed by atoms with Gasteiger partial charge < -0.3 is 10.6 Å². The third-order valence-corrected chi connectivity index (χ3v) is 1.87. The van der Waals surface area contributed by atoms with Crippen molar-refractivity contribution in [1.82, 2.24) is 26.6 Å². The van der Waals surface area contributed by atoms with E-state index in [4.69, 9.17) is 0 Å². The molecule has 6 heteroatoms. The van der Waals surface area contributed by atoms with Gasteiger partial charge in [0.25, 0.3) is 0 Å². The Bertz CT molecular complexity index is 225. The summed E-state index contributed by atoms with van der Waals surface area (Å²) in [6, 6.07) is -0.179. The highest BCUT2D eigenvalue weighted by Crippen LogP contribution is 2.00. The molecule has 1 fully saturated rings. The zero-order chi connectivity index (χ0) is 11.5. The van der Waals surface area contributed by atoms with Gasteiger partial charge in [0.1, 0.15) is 12.6 Å². The Morgan fingerprint density at radius 1 is 1.27 bits per heavy atom. The molecule has 1 aliphatic rings. The maximum Gasteiger partial charge on any atom is 0.319 e. The second-order valence-electron chi connectivity index (χ2n) is 4.60. The average molecular weight is 215 g/mol. The largest absolute Gasteiger partial charge is 0.319 e. The molecule has 1 heterocycles. The molecular formula is C9H21N5O. The van der Waals surface area contributed by atoms with Gasteiger partial charge in [-0.2, -0.15) is 0 Å². The van der Waals surface area contributed by atoms with Gasteiger partial charge >= 0.3 is 6.03 Å². The number of rotatable bonds is 3. The average Bonchev–Trinajstić information content (AvgIpc) is 1.99. The molecule has 0 aromatic carbocycles. The number of hydrogen-bond acceptors (Lipinski definition) is 4. The topological polar surface area (TPSA) is 77.2 Å². The lowest BCUT2D eigenvalue weighted by atomic mass is 10.1. The fourth-order valence-electron chi connectivity index (χ4n) is 1.38. The molecule has 6 nitrogen and oxygen atoms in total. The van der Waals surface area contributed by atoms with E-state index in [0.29, 0.717) is 0 Å². The van der Waals surface area contributed by atoms with Crippen LogP contribution in [0.4, 0.5) is 4.79 Å². The fourth-order valence-corrected chi connectivity index (χ4v) is 1.38. The van der Waals surface area contributed by atoms with E-state index in [1.165, 1.54) is 0 Å². The number of amides is 2. The second kappa shape index (κ2) is 4.78. The normalized spacial score (nSPS) is 27.1. The van der Waals surface area contributed by atoms with Crippen molar-refractivity contribution in [2.24, 2.45) is 0 Å². The Morgan fingerprint density at radius 2 is 1.87 bits per heavy atom. The van der Waals surface area contributed by atoms with Gasteiger partial charge in [-0.25, -0.2) is 4.79 Å². The smallest absolute Gasteiger partial charge is 0.310 e. The summed E-state index contributed by atoms with van der Waals surface area (Å²) >= 11 is 0. The van der Waals surface area contributed by atoms with Gasteiger partial charge in [0.15, 0.2) is 0 Å². The van der Waals surface area contributed by atoms with Crippen LogP contribution >= 0.6 is 0 Å². The molecule has 2 atom stereocenters. The van der Waals surface area contributed by atoms with E-state index in [0.717, 1.165) is 6.54 Å². The van der Waals surface area contributed by atoms with E-state index < -0.39 is 0 Å². The first-order chi connectivity index (χ1) is 6.90. The van der Waals surface area contributed by atoms with E-state index >= 15 is 0 Å². The minimum absolute atomic E-state index is 0.0565. The number of nitrogens with one attached hydrogen (secondary N) is 5. The molecule has 0 aliphatic carbocycles. The molecule has 0 bridgehead atoms. The fraction of sp³-hybridized carbons (Fsp3) is 0.889. The summed E-state index contributed by atoms with van der Waals surface area (Å²) in [5.74, 6) is 0. The lowest BCUT2D eigenvalue weighted by molar-refractivity contribution is 0.172. The molecule has 0 aromatic rings. The zero-order valence-electron chi connectivity index (χ0n) is 9.77. The molecule has 0 radical (unpaired) electrons. The summed E-state index contributed by atoms with van der Waals surface area (Å²) in [6.45, 7) is 8.92. The minimum Gasteiger partial charge on any atom is -0.310 e. The van der Waals surface area contributed by atoms with E-state index in [1.54, 1.807) is 0 Å². The van der Waals surface area contributed by atoms with Crippen molar-refractivity contribution < 1.29 is 4.79 Å². The van der Waals surface area contributed by atoms with Crippen molar-refractivity contribution in [2.45, 2.75) is 45.8 Å². The molecule has 0 saturated carbocycles. The van der Waals surface area contributed by atoms with Crippen LogP contribution in [-0.4, -0.2) is 30.7 Å². The highest BCUT2D eigenvalue weighted by atomic mass is 16.2. The van der Waals surface area contributed by atoms with Crippen LogP contribution in [0.1, 0.15) is 27.7 Å². The monoisotopic (exact) mass is 215 g/mol. The van der Waals surface area contributed by atoms with Gasteiger partial charge in [0, 0.05) is 5.54 Å². The molecule has 15 heavy (non-hydrogen) atoms. The van der Waals surface area contributed by atoms with E-state index in [-0.39, 0.29) is 24.1 Å². The van der Waals surface area contributed by atoms with E-state index in [9.17, 15) is 4.79 Å². The molecule has 1 saturated heterocycles. The summed E-state index contributed by atoms with van der Waals surface area (Å²) in [7, 11) is 0. The third-order valence-electron chi connectivity index (χ3n) is 1.87. The summed E-state index contributed by atoms with van der Waals surface area (Å²) < 4.78 is 0. The van der Waals surface area contributed by atoms with Gasteiger partial charge in [-0.05, 0) is 27.3 Å². The van der Waals surface area contributed by atoms with Crippen LogP contribution in [0.3, 0.4) is 0 Å². The van der Waals surface area contributed by atoms with Crippen molar-refractivity contribution in [3.05, 3.63) is 0 Å². The molecule has 1 aliphatic heterocycles. The number of urea groups is 1. The first-order valence-corrected chi connectivity index (χ1v) is 5.25. The van der Waals surface area contributed by atoms with Gasteiger partial charge in [0.2, 0.25) is 0 Å². The summed E-state index contributed by atoms with van der Waals surface area (Å²) in [6.07, 6.45) is -0.411. The van der Waals surface area contributed by atoms with Crippen LogP contribution in [0.15, 0.2) is 0 Å². The Morgan fingerprint density at radius 3 is 2.40 bits per heavy atom. The van der Waals surface area contributed by atoms with Crippen LogP contribution in [0.2, 0.25) is 0 Å². The standard InChI is InChI=1S/C9H21N5O/c1-5-10-6-11-7(13-8(15)12-6)14-9(2,3)4/h6-7,10-11,14H,5H2,1-4H3,(H2,12,13,15). The van der Waals surface area contributed by atoms with Gasteiger partial charge in [-0.1, -0.05) is 6.92 Å². The SMILES string of the molecule is CCNC1NC(=O)NC(NC(C)(C)C)N1.